The number of hydrogen-bond acceptors (Lipinski definition) is 5. The lowest BCUT2D eigenvalue weighted by Crippen LogP contribution is -2.26. The SMILES string of the molecule is COCCCNC(=O)c1nnn(-c2ccc(F)c(C)c2)c1-c1ccncc1. The van der Waals surface area contributed by atoms with Gasteiger partial charge in [0.2, 0.25) is 0 Å². The number of nitrogens with zero attached hydrogens (tertiary/aromatic N) is 4. The van der Waals surface area contributed by atoms with E-state index in [9.17, 15) is 9.18 Å². The molecule has 8 heteroatoms. The summed E-state index contributed by atoms with van der Waals surface area (Å²) in [5, 5.41) is 11.0. The summed E-state index contributed by atoms with van der Waals surface area (Å²) in [5.41, 5.74) is 2.55. The third-order valence-electron chi connectivity index (χ3n) is 4.04. The Balaban J connectivity index is 2.01. The van der Waals surface area contributed by atoms with Gasteiger partial charge in [-0.3, -0.25) is 9.78 Å². The summed E-state index contributed by atoms with van der Waals surface area (Å²) in [7, 11) is 1.61. The molecule has 7 nitrogen and oxygen atoms in total. The second-order valence-electron chi connectivity index (χ2n) is 5.97. The first-order valence-electron chi connectivity index (χ1n) is 8.51. The first-order chi connectivity index (χ1) is 13.1. The smallest absolute Gasteiger partial charge is 0.274 e. The summed E-state index contributed by atoms with van der Waals surface area (Å²) >= 11 is 0. The van der Waals surface area contributed by atoms with E-state index in [4.69, 9.17) is 4.74 Å². The molecule has 0 fully saturated rings. The van der Waals surface area contributed by atoms with Crippen molar-refractivity contribution in [2.75, 3.05) is 20.3 Å². The fourth-order valence-corrected chi connectivity index (χ4v) is 2.65. The monoisotopic (exact) mass is 369 g/mol. The van der Waals surface area contributed by atoms with Gasteiger partial charge in [0.05, 0.1) is 5.69 Å². The Hall–Kier alpha value is -3.13. The summed E-state index contributed by atoms with van der Waals surface area (Å²) in [4.78, 5) is 16.6. The first-order valence-corrected chi connectivity index (χ1v) is 8.51. The minimum absolute atomic E-state index is 0.195. The fraction of sp³-hybridized carbons (Fsp3) is 0.263. The topological polar surface area (TPSA) is 81.9 Å². The molecule has 0 unspecified atom stereocenters. The van der Waals surface area contributed by atoms with Crippen molar-refractivity contribution in [3.63, 3.8) is 0 Å². The van der Waals surface area contributed by atoms with E-state index < -0.39 is 0 Å². The van der Waals surface area contributed by atoms with Crippen molar-refractivity contribution in [1.29, 1.82) is 0 Å². The molecular formula is C19H20FN5O2. The molecule has 0 aliphatic heterocycles. The second kappa shape index (κ2) is 8.50. The van der Waals surface area contributed by atoms with Gasteiger partial charge < -0.3 is 10.1 Å². The van der Waals surface area contributed by atoms with Gasteiger partial charge in [0.1, 0.15) is 11.5 Å². The molecule has 0 bridgehead atoms. The highest BCUT2D eigenvalue weighted by Crippen LogP contribution is 2.25. The van der Waals surface area contributed by atoms with Crippen molar-refractivity contribution in [2.24, 2.45) is 0 Å². The number of pyridine rings is 1. The minimum Gasteiger partial charge on any atom is -0.385 e. The molecule has 0 atom stereocenters. The van der Waals surface area contributed by atoms with Crippen LogP contribution in [0.2, 0.25) is 0 Å². The summed E-state index contributed by atoms with van der Waals surface area (Å²) in [6.45, 7) is 2.69. The molecule has 0 radical (unpaired) electrons. The van der Waals surface area contributed by atoms with Crippen molar-refractivity contribution in [1.82, 2.24) is 25.3 Å². The van der Waals surface area contributed by atoms with Gasteiger partial charge in [-0.05, 0) is 49.2 Å². The maximum absolute atomic E-state index is 13.6. The first kappa shape index (κ1) is 18.7. The van der Waals surface area contributed by atoms with Crippen LogP contribution >= 0.6 is 0 Å². The van der Waals surface area contributed by atoms with Crippen LogP contribution in [-0.2, 0) is 4.74 Å². The van der Waals surface area contributed by atoms with Crippen molar-refractivity contribution >= 4 is 5.91 Å². The summed E-state index contributed by atoms with van der Waals surface area (Å²) in [6, 6.07) is 8.17. The minimum atomic E-state index is -0.331. The molecule has 0 aliphatic carbocycles. The molecule has 1 amide bonds. The zero-order valence-electron chi connectivity index (χ0n) is 15.1. The van der Waals surface area contributed by atoms with Gasteiger partial charge in [0, 0.05) is 38.2 Å². The van der Waals surface area contributed by atoms with Gasteiger partial charge >= 0.3 is 0 Å². The molecule has 0 spiro atoms. The van der Waals surface area contributed by atoms with Crippen molar-refractivity contribution < 1.29 is 13.9 Å². The Morgan fingerprint density at radius 2 is 2.04 bits per heavy atom. The van der Waals surface area contributed by atoms with Gasteiger partial charge in [-0.15, -0.1) is 5.10 Å². The second-order valence-corrected chi connectivity index (χ2v) is 5.97. The van der Waals surface area contributed by atoms with E-state index in [1.165, 1.54) is 10.7 Å². The van der Waals surface area contributed by atoms with E-state index in [2.05, 4.69) is 20.6 Å². The van der Waals surface area contributed by atoms with E-state index in [0.29, 0.717) is 36.5 Å². The predicted molar refractivity (Wildman–Crippen MR) is 98.1 cm³/mol. The van der Waals surface area contributed by atoms with Crippen LogP contribution in [0.4, 0.5) is 4.39 Å². The number of amides is 1. The largest absolute Gasteiger partial charge is 0.385 e. The lowest BCUT2D eigenvalue weighted by molar-refractivity contribution is 0.0944. The van der Waals surface area contributed by atoms with Gasteiger partial charge in [-0.25, -0.2) is 9.07 Å². The molecule has 1 N–H and O–H groups in total. The Morgan fingerprint density at radius 1 is 1.26 bits per heavy atom. The number of rotatable bonds is 7. The van der Waals surface area contributed by atoms with E-state index in [-0.39, 0.29) is 17.4 Å². The van der Waals surface area contributed by atoms with Gasteiger partial charge in [0.25, 0.3) is 5.91 Å². The average Bonchev–Trinajstić information content (AvgIpc) is 3.13. The number of methoxy groups -OCH3 is 1. The van der Waals surface area contributed by atoms with Gasteiger partial charge in [0.15, 0.2) is 5.69 Å². The molecule has 2 heterocycles. The molecule has 140 valence electrons. The van der Waals surface area contributed by atoms with Crippen LogP contribution in [0.15, 0.2) is 42.7 Å². The van der Waals surface area contributed by atoms with Crippen LogP contribution in [0.1, 0.15) is 22.5 Å². The molecule has 1 aromatic carbocycles. The number of carbonyl (C=O) groups is 1. The molecule has 3 rings (SSSR count). The third-order valence-corrected chi connectivity index (χ3v) is 4.04. The molecular weight excluding hydrogens is 349 g/mol. The van der Waals surface area contributed by atoms with E-state index in [0.717, 1.165) is 5.56 Å². The lowest BCUT2D eigenvalue weighted by Gasteiger charge is -2.09. The molecule has 0 saturated heterocycles. The highest BCUT2D eigenvalue weighted by Gasteiger charge is 2.22. The summed E-state index contributed by atoms with van der Waals surface area (Å²) in [5.74, 6) is -0.636. The van der Waals surface area contributed by atoms with Crippen molar-refractivity contribution in [2.45, 2.75) is 13.3 Å². The van der Waals surface area contributed by atoms with E-state index in [1.54, 1.807) is 50.7 Å². The zero-order valence-corrected chi connectivity index (χ0v) is 15.1. The van der Waals surface area contributed by atoms with Crippen LogP contribution in [0.3, 0.4) is 0 Å². The number of ether oxygens (including phenoxy) is 1. The van der Waals surface area contributed by atoms with Gasteiger partial charge in [-0.1, -0.05) is 5.21 Å². The van der Waals surface area contributed by atoms with E-state index in [1.807, 2.05) is 0 Å². The Morgan fingerprint density at radius 3 is 2.74 bits per heavy atom. The maximum atomic E-state index is 13.6. The quantitative estimate of drug-likeness (QED) is 0.647. The van der Waals surface area contributed by atoms with Crippen molar-refractivity contribution in [3.05, 3.63) is 59.8 Å². The van der Waals surface area contributed by atoms with Crippen LogP contribution < -0.4 is 5.32 Å². The van der Waals surface area contributed by atoms with E-state index >= 15 is 0 Å². The molecule has 0 aliphatic rings. The number of aryl methyl sites for hydroxylation is 1. The molecule has 3 aromatic rings. The average molecular weight is 369 g/mol. The Kier molecular flexibility index (Phi) is 5.87. The number of carbonyl (C=O) groups excluding carboxylic acids is 1. The van der Waals surface area contributed by atoms with Crippen LogP contribution in [0.5, 0.6) is 0 Å². The summed E-state index contributed by atoms with van der Waals surface area (Å²) < 4.78 is 20.2. The molecule has 27 heavy (non-hydrogen) atoms. The number of aromatic nitrogens is 4. The van der Waals surface area contributed by atoms with Crippen LogP contribution in [-0.4, -0.2) is 46.1 Å². The normalized spacial score (nSPS) is 10.8. The third kappa shape index (κ3) is 4.17. The van der Waals surface area contributed by atoms with Crippen molar-refractivity contribution in [3.8, 4) is 16.9 Å². The predicted octanol–water partition coefficient (Wildman–Crippen LogP) is 2.54. The highest BCUT2D eigenvalue weighted by atomic mass is 19.1. The molecule has 2 aromatic heterocycles. The zero-order chi connectivity index (χ0) is 19.2. The maximum Gasteiger partial charge on any atom is 0.274 e. The number of halogens is 1. The fourth-order valence-electron chi connectivity index (χ4n) is 2.65. The van der Waals surface area contributed by atoms with Gasteiger partial charge in [-0.2, -0.15) is 0 Å². The number of nitrogens with one attached hydrogen (secondary N) is 1. The van der Waals surface area contributed by atoms with Crippen LogP contribution in [0, 0.1) is 12.7 Å². The number of benzene rings is 1. The highest BCUT2D eigenvalue weighted by molar-refractivity contribution is 5.98. The standard InChI is InChI=1S/C19H20FN5O2/c1-13-12-15(4-5-16(13)20)25-18(14-6-9-21-10-7-14)17(23-24-25)19(26)22-8-3-11-27-2/h4-7,9-10,12H,3,8,11H2,1-2H3,(H,22,26). The van der Waals surface area contributed by atoms with Crippen LogP contribution in [0.25, 0.3) is 16.9 Å². The summed E-state index contributed by atoms with van der Waals surface area (Å²) in [6.07, 6.45) is 3.95. The Bertz CT molecular complexity index is 927. The number of hydrogen-bond donors (Lipinski definition) is 1. The lowest BCUT2D eigenvalue weighted by atomic mass is 10.1. The molecule has 0 saturated carbocycles. The Labute approximate surface area is 156 Å².